The van der Waals surface area contributed by atoms with E-state index in [1.807, 2.05) is 23.9 Å². The van der Waals surface area contributed by atoms with E-state index in [1.54, 1.807) is 0 Å². The number of nitrogens with zero attached hydrogens (tertiary/aromatic N) is 1. The van der Waals surface area contributed by atoms with E-state index in [-0.39, 0.29) is 0 Å². The van der Waals surface area contributed by atoms with E-state index in [0.29, 0.717) is 0 Å². The molecular weight excluding hydrogens is 579 g/mol. The van der Waals surface area contributed by atoms with Crippen molar-refractivity contribution >= 4 is 33.7 Å². The normalized spacial score (nSPS) is 12.5. The van der Waals surface area contributed by atoms with Gasteiger partial charge in [-0.3, -0.25) is 0 Å². The Balaban J connectivity index is 1.14. The fourth-order valence-electron chi connectivity index (χ4n) is 6.68. The fraction of sp³-hybridized carbons (Fsp3) is 0.0465. The first-order valence-electron chi connectivity index (χ1n) is 15.7. The second kappa shape index (κ2) is 11.2. The van der Waals surface area contributed by atoms with Crippen LogP contribution in [0.25, 0.3) is 77.8 Å². The molecule has 2 aromatic heterocycles. The van der Waals surface area contributed by atoms with Crippen LogP contribution in [0.1, 0.15) is 11.1 Å². The third-order valence-corrected chi connectivity index (χ3v) is 10.1. The largest absolute Gasteiger partial charge is 0.456 e. The van der Waals surface area contributed by atoms with E-state index in [1.165, 1.54) is 44.5 Å². The third kappa shape index (κ3) is 4.81. The van der Waals surface area contributed by atoms with Crippen molar-refractivity contribution in [3.05, 3.63) is 163 Å². The molecule has 0 unspecified atom stereocenters. The van der Waals surface area contributed by atoms with Gasteiger partial charge in [-0.05, 0) is 87.0 Å². The molecule has 8 aromatic rings. The molecule has 3 heteroatoms. The first-order chi connectivity index (χ1) is 22.8. The van der Waals surface area contributed by atoms with Gasteiger partial charge in [0.15, 0.2) is 0 Å². The van der Waals surface area contributed by atoms with Gasteiger partial charge in [0, 0.05) is 33.4 Å². The molecule has 1 aliphatic rings. The smallest absolute Gasteiger partial charge is 0.136 e. The van der Waals surface area contributed by atoms with Crippen LogP contribution in [0.2, 0.25) is 0 Å². The Morgan fingerprint density at radius 1 is 0.413 bits per heavy atom. The van der Waals surface area contributed by atoms with Crippen LogP contribution in [0.4, 0.5) is 0 Å². The summed E-state index contributed by atoms with van der Waals surface area (Å²) in [4.78, 5) is 5.10. The van der Waals surface area contributed by atoms with E-state index in [4.69, 9.17) is 9.40 Å². The number of fused-ring (bicyclic) bond motifs is 6. The Morgan fingerprint density at radius 2 is 1.02 bits per heavy atom. The maximum Gasteiger partial charge on any atom is 0.136 e. The molecule has 0 fully saturated rings. The number of para-hydroxylation sites is 1. The molecule has 9 rings (SSSR count). The maximum atomic E-state index is 6.21. The van der Waals surface area contributed by atoms with Gasteiger partial charge >= 0.3 is 0 Å². The van der Waals surface area contributed by atoms with Gasteiger partial charge in [-0.2, -0.15) is 11.8 Å². The van der Waals surface area contributed by atoms with Crippen LogP contribution in [-0.2, 0) is 11.5 Å². The van der Waals surface area contributed by atoms with Crippen molar-refractivity contribution in [1.82, 2.24) is 4.98 Å². The molecular formula is C43H29NOS. The minimum Gasteiger partial charge on any atom is -0.456 e. The standard InChI is InChI=1S/C43H29NOS/c1-3-9-28(10-4-1)40-23-34(24-41(44-40)29-11-5-2-6-12-29)31-15-16-33-26-46-27-35-21-30(17-19-36(35)39(33)22-31)32-18-20-38-37-13-7-8-14-42(37)45-43(38)25-32/h1-25H,26-27H2. The lowest BCUT2D eigenvalue weighted by Gasteiger charge is -2.15. The second-order valence-electron chi connectivity index (χ2n) is 11.9. The molecule has 46 heavy (non-hydrogen) atoms. The molecule has 0 saturated carbocycles. The minimum atomic E-state index is 0.931. The van der Waals surface area contributed by atoms with Crippen molar-refractivity contribution in [3.8, 4) is 55.9 Å². The summed E-state index contributed by atoms with van der Waals surface area (Å²) in [7, 11) is 0. The number of pyridine rings is 1. The summed E-state index contributed by atoms with van der Waals surface area (Å²) in [6.45, 7) is 0. The monoisotopic (exact) mass is 607 g/mol. The maximum absolute atomic E-state index is 6.21. The Hall–Kier alpha value is -5.38. The van der Waals surface area contributed by atoms with Crippen molar-refractivity contribution in [2.24, 2.45) is 0 Å². The van der Waals surface area contributed by atoms with Crippen LogP contribution < -0.4 is 0 Å². The quantitative estimate of drug-likeness (QED) is 0.199. The summed E-state index contributed by atoms with van der Waals surface area (Å²) in [5.74, 6) is 1.97. The average molecular weight is 608 g/mol. The van der Waals surface area contributed by atoms with E-state index in [9.17, 15) is 0 Å². The van der Waals surface area contributed by atoms with E-state index in [0.717, 1.165) is 56.0 Å². The lowest BCUT2D eigenvalue weighted by Crippen LogP contribution is -1.93. The number of benzene rings is 6. The Morgan fingerprint density at radius 3 is 1.80 bits per heavy atom. The average Bonchev–Trinajstić information content (AvgIpc) is 3.40. The van der Waals surface area contributed by atoms with Gasteiger partial charge in [0.05, 0.1) is 11.4 Å². The minimum absolute atomic E-state index is 0.931. The van der Waals surface area contributed by atoms with E-state index >= 15 is 0 Å². The van der Waals surface area contributed by atoms with Gasteiger partial charge in [0.25, 0.3) is 0 Å². The van der Waals surface area contributed by atoms with Crippen LogP contribution in [0, 0.1) is 0 Å². The predicted octanol–water partition coefficient (Wildman–Crippen LogP) is 12.1. The zero-order chi connectivity index (χ0) is 30.5. The molecule has 3 heterocycles. The van der Waals surface area contributed by atoms with Crippen LogP contribution in [0.5, 0.6) is 0 Å². The molecule has 0 bridgehead atoms. The first-order valence-corrected chi connectivity index (χ1v) is 16.8. The lowest BCUT2D eigenvalue weighted by molar-refractivity contribution is 0.669. The van der Waals surface area contributed by atoms with Gasteiger partial charge in [-0.15, -0.1) is 0 Å². The second-order valence-corrected chi connectivity index (χ2v) is 12.9. The number of furan rings is 1. The Kier molecular flexibility index (Phi) is 6.57. The zero-order valence-electron chi connectivity index (χ0n) is 25.1. The van der Waals surface area contributed by atoms with Gasteiger partial charge in [0.2, 0.25) is 0 Å². The summed E-state index contributed by atoms with van der Waals surface area (Å²) < 4.78 is 6.21. The SMILES string of the molecule is c1ccc(-c2cc(-c3ccc4c(c3)-c3ccc(-c5ccc6c(c5)oc5ccccc56)cc3CSC4)cc(-c3ccccc3)n2)cc1. The zero-order valence-corrected chi connectivity index (χ0v) is 25.9. The molecule has 2 nitrogen and oxygen atoms in total. The van der Waals surface area contributed by atoms with Crippen LogP contribution in [-0.4, -0.2) is 4.98 Å². The highest BCUT2D eigenvalue weighted by atomic mass is 32.2. The lowest BCUT2D eigenvalue weighted by atomic mass is 9.90. The number of hydrogen-bond donors (Lipinski definition) is 0. The van der Waals surface area contributed by atoms with Crippen molar-refractivity contribution in [2.75, 3.05) is 0 Å². The molecule has 218 valence electrons. The highest BCUT2D eigenvalue weighted by Gasteiger charge is 2.18. The molecule has 0 aliphatic carbocycles. The van der Waals surface area contributed by atoms with Crippen molar-refractivity contribution in [3.63, 3.8) is 0 Å². The third-order valence-electron chi connectivity index (χ3n) is 9.03. The van der Waals surface area contributed by atoms with Gasteiger partial charge in [0.1, 0.15) is 11.2 Å². The summed E-state index contributed by atoms with van der Waals surface area (Å²) in [6, 6.07) is 54.2. The molecule has 0 N–H and O–H groups in total. The summed E-state index contributed by atoms with van der Waals surface area (Å²) in [5, 5.41) is 2.32. The number of thioether (sulfide) groups is 1. The molecule has 0 radical (unpaired) electrons. The van der Waals surface area contributed by atoms with Crippen molar-refractivity contribution in [2.45, 2.75) is 11.5 Å². The number of rotatable bonds is 4. The van der Waals surface area contributed by atoms with E-state index < -0.39 is 0 Å². The van der Waals surface area contributed by atoms with Crippen molar-refractivity contribution < 1.29 is 4.42 Å². The predicted molar refractivity (Wildman–Crippen MR) is 194 cm³/mol. The van der Waals surface area contributed by atoms with Gasteiger partial charge in [-0.25, -0.2) is 4.98 Å². The summed E-state index contributed by atoms with van der Waals surface area (Å²) in [5.41, 5.74) is 16.2. The number of hydrogen-bond acceptors (Lipinski definition) is 3. The van der Waals surface area contributed by atoms with E-state index in [2.05, 4.69) is 140 Å². The molecule has 1 aliphatic heterocycles. The Labute approximate surface area is 272 Å². The molecule has 0 saturated heterocycles. The fourth-order valence-corrected chi connectivity index (χ4v) is 7.71. The van der Waals surface area contributed by atoms with Crippen LogP contribution in [0.3, 0.4) is 0 Å². The molecule has 6 aromatic carbocycles. The summed E-state index contributed by atoms with van der Waals surface area (Å²) in [6.07, 6.45) is 0. The Bertz CT molecular complexity index is 2330. The summed E-state index contributed by atoms with van der Waals surface area (Å²) >= 11 is 1.98. The topological polar surface area (TPSA) is 26.0 Å². The van der Waals surface area contributed by atoms with Crippen LogP contribution >= 0.6 is 11.8 Å². The van der Waals surface area contributed by atoms with Crippen molar-refractivity contribution in [1.29, 1.82) is 0 Å². The molecule has 0 atom stereocenters. The highest BCUT2D eigenvalue weighted by Crippen LogP contribution is 2.41. The van der Waals surface area contributed by atoms with Crippen LogP contribution in [0.15, 0.2) is 156 Å². The number of aromatic nitrogens is 1. The molecule has 0 amide bonds. The first kappa shape index (κ1) is 27.0. The van der Waals surface area contributed by atoms with Gasteiger partial charge in [-0.1, -0.05) is 109 Å². The van der Waals surface area contributed by atoms with Gasteiger partial charge < -0.3 is 4.42 Å². The molecule has 0 spiro atoms. The highest BCUT2D eigenvalue weighted by molar-refractivity contribution is 7.97.